The number of hydrogen-bond donors (Lipinski definition) is 2. The van der Waals surface area contributed by atoms with E-state index in [1.54, 1.807) is 12.1 Å². The van der Waals surface area contributed by atoms with Crippen LogP contribution in [0, 0.1) is 0 Å². The molecule has 0 atom stereocenters. The van der Waals surface area contributed by atoms with Crippen molar-refractivity contribution in [3.63, 3.8) is 0 Å². The molecule has 4 heteroatoms. The van der Waals surface area contributed by atoms with Crippen molar-refractivity contribution in [2.75, 3.05) is 5.73 Å². The molecule has 18 heavy (non-hydrogen) atoms. The molecule has 0 unspecified atom stereocenters. The number of ether oxygens (including phenoxy) is 1. The highest BCUT2D eigenvalue weighted by Gasteiger charge is 2.16. The fourth-order valence-electron chi connectivity index (χ4n) is 2.36. The fourth-order valence-corrected chi connectivity index (χ4v) is 2.36. The quantitative estimate of drug-likeness (QED) is 0.805. The maximum Gasteiger partial charge on any atom is 0.336 e. The molecule has 0 aromatic heterocycles. The van der Waals surface area contributed by atoms with Gasteiger partial charge in [0, 0.05) is 5.69 Å². The number of aromatic carboxylic acids is 1. The standard InChI is InChI=1S/C14H19NO3/c15-11-7-6-10(13(8-11)14(16)17)9-18-12-4-2-1-3-5-12/h6-8,12H,1-5,9,15H2,(H,16,17). The molecule has 4 nitrogen and oxygen atoms in total. The van der Waals surface area contributed by atoms with E-state index in [2.05, 4.69) is 0 Å². The average Bonchev–Trinajstić information content (AvgIpc) is 2.38. The van der Waals surface area contributed by atoms with Crippen molar-refractivity contribution < 1.29 is 14.6 Å². The first-order valence-corrected chi connectivity index (χ1v) is 6.40. The van der Waals surface area contributed by atoms with Crippen LogP contribution in [0.15, 0.2) is 18.2 Å². The summed E-state index contributed by atoms with van der Waals surface area (Å²) in [6.45, 7) is 0.354. The number of nitrogens with two attached hydrogens (primary N) is 1. The number of benzene rings is 1. The first kappa shape index (κ1) is 12.9. The molecule has 0 amide bonds. The zero-order valence-electron chi connectivity index (χ0n) is 10.4. The predicted octanol–water partition coefficient (Wildman–Crippen LogP) is 2.82. The smallest absolute Gasteiger partial charge is 0.336 e. The molecule has 2 rings (SSSR count). The van der Waals surface area contributed by atoms with Gasteiger partial charge in [0.2, 0.25) is 0 Å². The maximum absolute atomic E-state index is 11.1. The van der Waals surface area contributed by atoms with Crippen LogP contribution < -0.4 is 5.73 Å². The monoisotopic (exact) mass is 249 g/mol. The molecule has 1 aromatic rings. The molecular formula is C14H19NO3. The van der Waals surface area contributed by atoms with Crippen molar-refractivity contribution in [1.29, 1.82) is 0 Å². The Kier molecular flexibility index (Phi) is 4.20. The third-order valence-electron chi connectivity index (χ3n) is 3.39. The number of nitrogen functional groups attached to an aromatic ring is 1. The average molecular weight is 249 g/mol. The molecule has 1 fully saturated rings. The number of anilines is 1. The Bertz CT molecular complexity index is 425. The van der Waals surface area contributed by atoms with Crippen molar-refractivity contribution in [2.45, 2.75) is 44.8 Å². The van der Waals surface area contributed by atoms with Gasteiger partial charge in [0.05, 0.1) is 18.3 Å². The van der Waals surface area contributed by atoms with Gasteiger partial charge in [-0.05, 0) is 30.5 Å². The lowest BCUT2D eigenvalue weighted by Gasteiger charge is -2.22. The molecule has 0 heterocycles. The van der Waals surface area contributed by atoms with E-state index < -0.39 is 5.97 Å². The molecule has 1 aliphatic rings. The second-order valence-electron chi connectivity index (χ2n) is 4.79. The van der Waals surface area contributed by atoms with Crippen LogP contribution in [0.25, 0.3) is 0 Å². The summed E-state index contributed by atoms with van der Waals surface area (Å²) in [4.78, 5) is 11.1. The number of carbonyl (C=O) groups is 1. The number of hydrogen-bond acceptors (Lipinski definition) is 3. The first-order valence-electron chi connectivity index (χ1n) is 6.40. The Morgan fingerprint density at radius 3 is 2.72 bits per heavy atom. The molecule has 1 saturated carbocycles. The van der Waals surface area contributed by atoms with Gasteiger partial charge in [0.1, 0.15) is 0 Å². The van der Waals surface area contributed by atoms with Crippen LogP contribution in [0.2, 0.25) is 0 Å². The molecule has 3 N–H and O–H groups in total. The van der Waals surface area contributed by atoms with Gasteiger partial charge >= 0.3 is 5.97 Å². The number of carboxylic acids is 1. The van der Waals surface area contributed by atoms with Crippen LogP contribution in [-0.4, -0.2) is 17.2 Å². The van der Waals surface area contributed by atoms with Gasteiger partial charge in [0.25, 0.3) is 0 Å². The minimum absolute atomic E-state index is 0.241. The topological polar surface area (TPSA) is 72.5 Å². The summed E-state index contributed by atoms with van der Waals surface area (Å²) < 4.78 is 5.80. The van der Waals surface area contributed by atoms with E-state index in [9.17, 15) is 4.79 Å². The number of rotatable bonds is 4. The van der Waals surface area contributed by atoms with Crippen LogP contribution in [-0.2, 0) is 11.3 Å². The van der Waals surface area contributed by atoms with Crippen LogP contribution in [0.1, 0.15) is 48.0 Å². The largest absolute Gasteiger partial charge is 0.478 e. The van der Waals surface area contributed by atoms with Gasteiger partial charge in [-0.15, -0.1) is 0 Å². The molecule has 0 aliphatic heterocycles. The lowest BCUT2D eigenvalue weighted by molar-refractivity contribution is 0.0162. The summed E-state index contributed by atoms with van der Waals surface area (Å²) in [6, 6.07) is 4.94. The highest BCUT2D eigenvalue weighted by molar-refractivity contribution is 5.90. The van der Waals surface area contributed by atoms with E-state index in [1.807, 2.05) is 0 Å². The van der Waals surface area contributed by atoms with E-state index >= 15 is 0 Å². The lowest BCUT2D eigenvalue weighted by atomic mass is 9.97. The molecule has 1 aliphatic carbocycles. The van der Waals surface area contributed by atoms with Gasteiger partial charge in [0.15, 0.2) is 0 Å². The minimum Gasteiger partial charge on any atom is -0.478 e. The SMILES string of the molecule is Nc1ccc(COC2CCCCC2)c(C(=O)O)c1. The van der Waals surface area contributed by atoms with Crippen LogP contribution in [0.3, 0.4) is 0 Å². The van der Waals surface area contributed by atoms with Crippen LogP contribution >= 0.6 is 0 Å². The minimum atomic E-state index is -0.954. The Labute approximate surface area is 107 Å². The Hall–Kier alpha value is -1.55. The summed E-state index contributed by atoms with van der Waals surface area (Å²) in [7, 11) is 0. The highest BCUT2D eigenvalue weighted by Crippen LogP contribution is 2.22. The molecular weight excluding hydrogens is 230 g/mol. The van der Waals surface area contributed by atoms with Gasteiger partial charge in [-0.25, -0.2) is 4.79 Å². The fraction of sp³-hybridized carbons (Fsp3) is 0.500. The van der Waals surface area contributed by atoms with Crippen molar-refractivity contribution in [3.8, 4) is 0 Å². The van der Waals surface area contributed by atoms with Crippen LogP contribution in [0.4, 0.5) is 5.69 Å². The van der Waals surface area contributed by atoms with Crippen LogP contribution in [0.5, 0.6) is 0 Å². The van der Waals surface area contributed by atoms with E-state index in [-0.39, 0.29) is 11.7 Å². The third-order valence-corrected chi connectivity index (χ3v) is 3.39. The highest BCUT2D eigenvalue weighted by atomic mass is 16.5. The Morgan fingerprint density at radius 1 is 1.33 bits per heavy atom. The van der Waals surface area contributed by atoms with Crippen molar-refractivity contribution in [1.82, 2.24) is 0 Å². The van der Waals surface area contributed by atoms with E-state index in [4.69, 9.17) is 15.6 Å². The summed E-state index contributed by atoms with van der Waals surface area (Å²) >= 11 is 0. The van der Waals surface area contributed by atoms with Gasteiger partial charge in [-0.2, -0.15) is 0 Å². The Balaban J connectivity index is 2.01. The van der Waals surface area contributed by atoms with E-state index in [0.717, 1.165) is 12.8 Å². The van der Waals surface area contributed by atoms with Gasteiger partial charge in [-0.3, -0.25) is 0 Å². The van der Waals surface area contributed by atoms with Crippen molar-refractivity contribution in [3.05, 3.63) is 29.3 Å². The zero-order chi connectivity index (χ0) is 13.0. The molecule has 0 bridgehead atoms. The normalized spacial score (nSPS) is 16.7. The zero-order valence-corrected chi connectivity index (χ0v) is 10.4. The first-order chi connectivity index (χ1) is 8.66. The summed E-state index contributed by atoms with van der Waals surface area (Å²) in [5, 5.41) is 9.12. The Morgan fingerprint density at radius 2 is 2.06 bits per heavy atom. The van der Waals surface area contributed by atoms with Crippen molar-refractivity contribution in [2.24, 2.45) is 0 Å². The summed E-state index contributed by atoms with van der Waals surface area (Å²) in [5.74, 6) is -0.954. The predicted molar refractivity (Wildman–Crippen MR) is 69.5 cm³/mol. The molecule has 98 valence electrons. The summed E-state index contributed by atoms with van der Waals surface area (Å²) in [5.41, 5.74) is 7.00. The lowest BCUT2D eigenvalue weighted by Crippen LogP contribution is -2.17. The van der Waals surface area contributed by atoms with E-state index in [1.165, 1.54) is 25.3 Å². The second-order valence-corrected chi connectivity index (χ2v) is 4.79. The van der Waals surface area contributed by atoms with Gasteiger partial charge in [-0.1, -0.05) is 25.3 Å². The molecule has 0 spiro atoms. The van der Waals surface area contributed by atoms with E-state index in [0.29, 0.717) is 17.9 Å². The molecule has 0 saturated heterocycles. The maximum atomic E-state index is 11.1. The number of carboxylic acid groups (broad SMARTS) is 1. The third kappa shape index (κ3) is 3.23. The molecule has 1 aromatic carbocycles. The molecule has 0 radical (unpaired) electrons. The second kappa shape index (κ2) is 5.87. The van der Waals surface area contributed by atoms with Crippen molar-refractivity contribution >= 4 is 11.7 Å². The van der Waals surface area contributed by atoms with Gasteiger partial charge < -0.3 is 15.6 Å². The summed E-state index contributed by atoms with van der Waals surface area (Å²) in [6.07, 6.45) is 6.13.